The lowest BCUT2D eigenvalue weighted by atomic mass is 9.84. The van der Waals surface area contributed by atoms with Crippen LogP contribution in [0.25, 0.3) is 0 Å². The van der Waals surface area contributed by atoms with Crippen LogP contribution in [0, 0.1) is 0 Å². The zero-order valence-corrected chi connectivity index (χ0v) is 13.0. The predicted octanol–water partition coefficient (Wildman–Crippen LogP) is 1.63. The van der Waals surface area contributed by atoms with Gasteiger partial charge in [0.15, 0.2) is 5.82 Å². The molecule has 6 nitrogen and oxygen atoms in total. The van der Waals surface area contributed by atoms with Gasteiger partial charge in [0.2, 0.25) is 5.82 Å². The highest BCUT2D eigenvalue weighted by molar-refractivity contribution is 6.30. The van der Waals surface area contributed by atoms with Gasteiger partial charge in [-0.3, -0.25) is 5.21 Å². The average Bonchev–Trinajstić information content (AvgIpc) is 2.84. The maximum Gasteiger partial charge on any atom is 0.202 e. The van der Waals surface area contributed by atoms with E-state index in [2.05, 4.69) is 9.98 Å². The van der Waals surface area contributed by atoms with Gasteiger partial charge in [-0.05, 0) is 45.9 Å². The Bertz CT molecular complexity index is 748. The molecule has 2 aliphatic heterocycles. The zero-order chi connectivity index (χ0) is 15.6. The van der Waals surface area contributed by atoms with Crippen molar-refractivity contribution in [2.75, 3.05) is 0 Å². The lowest BCUT2D eigenvalue weighted by Crippen LogP contribution is -2.52. The van der Waals surface area contributed by atoms with Crippen molar-refractivity contribution in [3.05, 3.63) is 45.6 Å². The Labute approximate surface area is 127 Å². The van der Waals surface area contributed by atoms with Crippen LogP contribution in [0.1, 0.15) is 27.7 Å². The van der Waals surface area contributed by atoms with Crippen LogP contribution in [0.3, 0.4) is 0 Å². The van der Waals surface area contributed by atoms with Gasteiger partial charge in [0, 0.05) is 5.02 Å². The molecule has 111 valence electrons. The van der Waals surface area contributed by atoms with E-state index in [4.69, 9.17) is 11.6 Å². The Balaban J connectivity index is 2.22. The first-order valence-corrected chi connectivity index (χ1v) is 6.98. The summed E-state index contributed by atoms with van der Waals surface area (Å²) in [6.07, 6.45) is 0. The van der Waals surface area contributed by atoms with Gasteiger partial charge in [-0.15, -0.1) is 0 Å². The Kier molecular flexibility index (Phi) is 2.86. The normalized spacial score (nSPS) is 25.7. The van der Waals surface area contributed by atoms with Crippen molar-refractivity contribution in [2.45, 2.75) is 38.8 Å². The maximum atomic E-state index is 12.6. The van der Waals surface area contributed by atoms with E-state index in [0.29, 0.717) is 15.7 Å². The van der Waals surface area contributed by atoms with Crippen molar-refractivity contribution in [1.82, 2.24) is 10.1 Å². The molecular weight excluding hydrogens is 292 g/mol. The Morgan fingerprint density at radius 3 is 2.29 bits per heavy atom. The molecule has 1 N–H and O–H groups in total. The van der Waals surface area contributed by atoms with Crippen molar-refractivity contribution >= 4 is 11.6 Å². The summed E-state index contributed by atoms with van der Waals surface area (Å²) in [5.74, 6) is 0.251. The van der Waals surface area contributed by atoms with Gasteiger partial charge in [-0.25, -0.2) is 15.0 Å². The molecule has 1 saturated heterocycles. The van der Waals surface area contributed by atoms with Crippen molar-refractivity contribution < 1.29 is 10.4 Å². The molecule has 0 spiro atoms. The lowest BCUT2D eigenvalue weighted by Gasteiger charge is -2.36. The SMILES string of the molecule is CC1(C)N([O])/C(=C2/N=c3ccc(Cl)cc3=N2)N(O)C1(C)C. The van der Waals surface area contributed by atoms with Crippen LogP contribution < -0.4 is 10.7 Å². The molecule has 7 heteroatoms. The molecule has 1 aromatic rings. The second-order valence-corrected chi connectivity index (χ2v) is 6.66. The molecule has 21 heavy (non-hydrogen) atoms. The molecule has 0 saturated carbocycles. The molecule has 1 radical (unpaired) electrons. The molecule has 0 bridgehead atoms. The van der Waals surface area contributed by atoms with Gasteiger partial charge in [0.1, 0.15) is 0 Å². The standard InChI is InChI=1S/C14H16ClN4O2/c1-13(2)14(3,4)19(21)12(18(13)20)11-16-9-6-5-8(15)7-10(9)17-11/h5-7,20H,1-4H3/b12-11-. The Morgan fingerprint density at radius 2 is 1.71 bits per heavy atom. The summed E-state index contributed by atoms with van der Waals surface area (Å²) in [4.78, 5) is 8.63. The Morgan fingerprint density at radius 1 is 1.10 bits per heavy atom. The number of halogens is 1. The van der Waals surface area contributed by atoms with Crippen molar-refractivity contribution in [3.8, 4) is 0 Å². The lowest BCUT2D eigenvalue weighted by molar-refractivity contribution is -0.182. The second kappa shape index (κ2) is 4.19. The van der Waals surface area contributed by atoms with Crippen LogP contribution in [0.5, 0.6) is 0 Å². The van der Waals surface area contributed by atoms with Gasteiger partial charge in [0.25, 0.3) is 0 Å². The molecule has 0 aliphatic carbocycles. The summed E-state index contributed by atoms with van der Waals surface area (Å²) in [5.41, 5.74) is -1.59. The largest absolute Gasteiger partial charge is 0.286 e. The topological polar surface area (TPSA) is 71.3 Å². The van der Waals surface area contributed by atoms with Gasteiger partial charge < -0.3 is 0 Å². The summed E-state index contributed by atoms with van der Waals surface area (Å²) in [7, 11) is 0. The van der Waals surface area contributed by atoms with E-state index in [1.54, 1.807) is 45.9 Å². The molecule has 0 aromatic heterocycles. The minimum absolute atomic E-state index is 0.0531. The van der Waals surface area contributed by atoms with Crippen molar-refractivity contribution in [2.24, 2.45) is 9.98 Å². The van der Waals surface area contributed by atoms with E-state index < -0.39 is 11.1 Å². The van der Waals surface area contributed by atoms with Gasteiger partial charge in [-0.2, -0.15) is 5.06 Å². The highest BCUT2D eigenvalue weighted by atomic mass is 35.5. The fraction of sp³-hybridized carbons (Fsp3) is 0.429. The molecule has 2 heterocycles. The van der Waals surface area contributed by atoms with E-state index in [1.165, 1.54) is 0 Å². The fourth-order valence-corrected chi connectivity index (χ4v) is 2.51. The van der Waals surface area contributed by atoms with Crippen molar-refractivity contribution in [1.29, 1.82) is 0 Å². The Hall–Kier alpha value is -1.63. The molecule has 0 atom stereocenters. The minimum Gasteiger partial charge on any atom is -0.286 e. The van der Waals surface area contributed by atoms with E-state index in [-0.39, 0.29) is 11.6 Å². The molecule has 0 amide bonds. The summed E-state index contributed by atoms with van der Waals surface area (Å²) in [5, 5.41) is 26.5. The fourth-order valence-electron chi connectivity index (χ4n) is 2.34. The third-order valence-electron chi connectivity index (χ3n) is 4.52. The summed E-state index contributed by atoms with van der Waals surface area (Å²) in [6, 6.07) is 5.12. The van der Waals surface area contributed by atoms with Crippen LogP contribution in [0.15, 0.2) is 39.8 Å². The molecule has 3 rings (SSSR count). The van der Waals surface area contributed by atoms with Crippen molar-refractivity contribution in [3.63, 3.8) is 0 Å². The van der Waals surface area contributed by atoms with E-state index in [1.807, 2.05) is 0 Å². The molecular formula is C14H16ClN4O2. The van der Waals surface area contributed by atoms with Crippen LogP contribution >= 0.6 is 11.6 Å². The number of benzene rings is 1. The van der Waals surface area contributed by atoms with Gasteiger partial charge >= 0.3 is 0 Å². The van der Waals surface area contributed by atoms with E-state index in [0.717, 1.165) is 10.1 Å². The smallest absolute Gasteiger partial charge is 0.202 e. The summed E-state index contributed by atoms with van der Waals surface area (Å²) in [6.45, 7) is 7.14. The number of hydroxylamine groups is 4. The second-order valence-electron chi connectivity index (χ2n) is 6.23. The summed E-state index contributed by atoms with van der Waals surface area (Å²) < 4.78 is 0. The third kappa shape index (κ3) is 1.79. The number of rotatable bonds is 0. The minimum atomic E-state index is -0.818. The highest BCUT2D eigenvalue weighted by Crippen LogP contribution is 2.44. The van der Waals surface area contributed by atoms with Crippen LogP contribution in [0.4, 0.5) is 0 Å². The number of fused-ring (bicyclic) bond motifs is 1. The average molecular weight is 308 g/mol. The molecule has 1 aromatic carbocycles. The molecule has 0 unspecified atom stereocenters. The quantitative estimate of drug-likeness (QED) is 0.792. The maximum absolute atomic E-state index is 12.6. The third-order valence-corrected chi connectivity index (χ3v) is 4.75. The van der Waals surface area contributed by atoms with E-state index in [9.17, 15) is 10.4 Å². The predicted molar refractivity (Wildman–Crippen MR) is 75.1 cm³/mol. The first kappa shape index (κ1) is 14.3. The van der Waals surface area contributed by atoms with Crippen LogP contribution in [-0.2, 0) is 5.21 Å². The number of nitrogens with zero attached hydrogens (tertiary/aromatic N) is 4. The number of hydrogen-bond donors (Lipinski definition) is 1. The first-order valence-electron chi connectivity index (χ1n) is 6.60. The van der Waals surface area contributed by atoms with Gasteiger partial charge in [0.05, 0.1) is 21.8 Å². The monoisotopic (exact) mass is 307 g/mol. The van der Waals surface area contributed by atoms with Crippen LogP contribution in [-0.4, -0.2) is 26.4 Å². The zero-order valence-electron chi connectivity index (χ0n) is 12.3. The molecule has 2 aliphatic rings. The van der Waals surface area contributed by atoms with E-state index >= 15 is 0 Å². The van der Waals surface area contributed by atoms with Crippen LogP contribution in [0.2, 0.25) is 5.02 Å². The summed E-state index contributed by atoms with van der Waals surface area (Å²) >= 11 is 5.93. The number of hydrogen-bond acceptors (Lipinski definition) is 5. The molecule has 1 fully saturated rings. The van der Waals surface area contributed by atoms with Gasteiger partial charge in [-0.1, -0.05) is 16.8 Å². The first-order chi connectivity index (χ1) is 9.66. The highest BCUT2D eigenvalue weighted by Gasteiger charge is 2.57.